The van der Waals surface area contributed by atoms with E-state index in [1.165, 1.54) is 11.3 Å². The molecule has 0 aromatic carbocycles. The Morgan fingerprint density at radius 1 is 1.19 bits per heavy atom. The van der Waals surface area contributed by atoms with Crippen molar-refractivity contribution in [1.82, 2.24) is 9.38 Å². The normalized spacial score (nSPS) is 11.0. The Morgan fingerprint density at radius 3 is 2.65 bits per heavy atom. The molecule has 8 nitrogen and oxygen atoms in total. The lowest BCUT2D eigenvalue weighted by Crippen LogP contribution is -2.22. The summed E-state index contributed by atoms with van der Waals surface area (Å²) in [5.74, 6) is -1.39. The van der Waals surface area contributed by atoms with E-state index in [0.29, 0.717) is 28.6 Å². The summed E-state index contributed by atoms with van der Waals surface area (Å²) in [6, 6.07) is 5.52. The fraction of sp³-hybridized carbons (Fsp3) is 0.364. The van der Waals surface area contributed by atoms with Gasteiger partial charge in [0.25, 0.3) is 5.91 Å². The Balaban J connectivity index is 1.67. The first kappa shape index (κ1) is 22.5. The molecule has 3 rings (SSSR count). The van der Waals surface area contributed by atoms with Gasteiger partial charge in [0, 0.05) is 11.9 Å². The summed E-state index contributed by atoms with van der Waals surface area (Å²) in [5, 5.41) is 4.89. The van der Waals surface area contributed by atoms with E-state index >= 15 is 0 Å². The molecule has 31 heavy (non-hydrogen) atoms. The van der Waals surface area contributed by atoms with Gasteiger partial charge in [0.1, 0.15) is 10.6 Å². The summed E-state index contributed by atoms with van der Waals surface area (Å²) in [7, 11) is 0. The number of carbonyl (C=O) groups excluding carboxylic acids is 3. The van der Waals surface area contributed by atoms with Crippen molar-refractivity contribution in [2.24, 2.45) is 5.92 Å². The van der Waals surface area contributed by atoms with Gasteiger partial charge in [0.05, 0.1) is 12.2 Å². The molecule has 0 saturated carbocycles. The van der Waals surface area contributed by atoms with Gasteiger partial charge < -0.3 is 19.2 Å². The quantitative estimate of drug-likeness (QED) is 0.531. The van der Waals surface area contributed by atoms with Gasteiger partial charge in [-0.3, -0.25) is 4.79 Å². The van der Waals surface area contributed by atoms with E-state index in [4.69, 9.17) is 9.47 Å². The monoisotopic (exact) mass is 443 g/mol. The number of imidazole rings is 1. The minimum absolute atomic E-state index is 0.115. The maximum absolute atomic E-state index is 12.4. The van der Waals surface area contributed by atoms with Gasteiger partial charge in [-0.1, -0.05) is 19.9 Å². The number of hydrogen-bond acceptors (Lipinski definition) is 7. The molecule has 0 aliphatic carbocycles. The van der Waals surface area contributed by atoms with Crippen molar-refractivity contribution in [3.05, 3.63) is 52.3 Å². The van der Waals surface area contributed by atoms with E-state index in [0.717, 1.165) is 11.3 Å². The van der Waals surface area contributed by atoms with E-state index in [1.807, 2.05) is 38.3 Å². The van der Waals surface area contributed by atoms with Gasteiger partial charge in [0.15, 0.2) is 12.3 Å². The highest BCUT2D eigenvalue weighted by atomic mass is 32.1. The van der Waals surface area contributed by atoms with Gasteiger partial charge in [-0.05, 0) is 49.3 Å². The second-order valence-electron chi connectivity index (χ2n) is 7.43. The zero-order valence-corrected chi connectivity index (χ0v) is 18.7. The standard InChI is InChI=1S/C22H25N3O5S/c1-5-29-22(28)19-15(9-13(2)3)12-31-20(19)24-18(26)11-30-21(27)16-10-25-14(4)7-6-8-17(25)23-16/h6-8,10,12-13H,5,9,11H2,1-4H3,(H,24,26). The number of esters is 2. The minimum atomic E-state index is -0.699. The Hall–Kier alpha value is -3.20. The van der Waals surface area contributed by atoms with Crippen LogP contribution >= 0.6 is 11.3 Å². The molecule has 0 radical (unpaired) electrons. The van der Waals surface area contributed by atoms with Gasteiger partial charge in [-0.15, -0.1) is 11.3 Å². The summed E-state index contributed by atoms with van der Waals surface area (Å²) in [5.41, 5.74) is 2.83. The third-order valence-corrected chi connectivity index (χ3v) is 5.41. The number of carbonyl (C=O) groups is 3. The second kappa shape index (κ2) is 9.74. The highest BCUT2D eigenvalue weighted by Crippen LogP contribution is 2.31. The van der Waals surface area contributed by atoms with Crippen molar-refractivity contribution in [1.29, 1.82) is 0 Å². The summed E-state index contributed by atoms with van der Waals surface area (Å²) in [4.78, 5) is 41.3. The van der Waals surface area contributed by atoms with Crippen LogP contribution < -0.4 is 5.32 Å². The van der Waals surface area contributed by atoms with Crippen molar-refractivity contribution >= 4 is 39.8 Å². The molecule has 3 heterocycles. The fourth-order valence-corrected chi connectivity index (χ4v) is 4.10. The molecule has 0 atom stereocenters. The first-order chi connectivity index (χ1) is 14.8. The van der Waals surface area contributed by atoms with E-state index in [1.54, 1.807) is 23.6 Å². The van der Waals surface area contributed by atoms with E-state index in [9.17, 15) is 14.4 Å². The number of rotatable bonds is 8. The zero-order chi connectivity index (χ0) is 22.5. The lowest BCUT2D eigenvalue weighted by Gasteiger charge is -2.10. The maximum atomic E-state index is 12.4. The van der Waals surface area contributed by atoms with E-state index in [-0.39, 0.29) is 12.3 Å². The molecule has 1 amide bonds. The van der Waals surface area contributed by atoms with Gasteiger partial charge in [-0.2, -0.15) is 0 Å². The topological polar surface area (TPSA) is 99.0 Å². The number of pyridine rings is 1. The molecule has 0 aliphatic rings. The van der Waals surface area contributed by atoms with Crippen LogP contribution in [0.5, 0.6) is 0 Å². The van der Waals surface area contributed by atoms with E-state index in [2.05, 4.69) is 10.3 Å². The third kappa shape index (κ3) is 5.29. The van der Waals surface area contributed by atoms with Crippen molar-refractivity contribution < 1.29 is 23.9 Å². The molecule has 0 unspecified atom stereocenters. The molecule has 1 N–H and O–H groups in total. The molecule has 3 aromatic heterocycles. The summed E-state index contributed by atoms with van der Waals surface area (Å²) in [6.07, 6.45) is 2.25. The molecule has 0 spiro atoms. The summed E-state index contributed by atoms with van der Waals surface area (Å²) in [6.45, 7) is 7.46. The molecule has 0 bridgehead atoms. The van der Waals surface area contributed by atoms with Crippen molar-refractivity contribution in [2.75, 3.05) is 18.5 Å². The van der Waals surface area contributed by atoms with Crippen LogP contribution in [0, 0.1) is 12.8 Å². The smallest absolute Gasteiger partial charge is 0.359 e. The average molecular weight is 444 g/mol. The fourth-order valence-electron chi connectivity index (χ4n) is 3.12. The second-order valence-corrected chi connectivity index (χ2v) is 8.31. The molecule has 0 saturated heterocycles. The van der Waals surface area contributed by atoms with Crippen LogP contribution in [-0.2, 0) is 20.7 Å². The van der Waals surface area contributed by atoms with Crippen LogP contribution in [0.4, 0.5) is 5.00 Å². The number of aromatic nitrogens is 2. The molecule has 9 heteroatoms. The first-order valence-electron chi connectivity index (χ1n) is 9.99. The number of amides is 1. The van der Waals surface area contributed by atoms with Crippen LogP contribution in [0.2, 0.25) is 0 Å². The number of hydrogen-bond donors (Lipinski definition) is 1. The lowest BCUT2D eigenvalue weighted by molar-refractivity contribution is -0.119. The zero-order valence-electron chi connectivity index (χ0n) is 17.9. The SMILES string of the molecule is CCOC(=O)c1c(CC(C)C)csc1NC(=O)COC(=O)c1cn2c(C)cccc2n1. The molecule has 0 fully saturated rings. The highest BCUT2D eigenvalue weighted by Gasteiger charge is 2.23. The molecule has 0 aliphatic heterocycles. The summed E-state index contributed by atoms with van der Waals surface area (Å²) < 4.78 is 12.0. The van der Waals surface area contributed by atoms with Crippen LogP contribution in [0.1, 0.15) is 52.9 Å². The Bertz CT molecular complexity index is 1120. The van der Waals surface area contributed by atoms with Crippen LogP contribution in [0.25, 0.3) is 5.65 Å². The number of fused-ring (bicyclic) bond motifs is 1. The number of anilines is 1. The van der Waals surface area contributed by atoms with Crippen molar-refractivity contribution in [2.45, 2.75) is 34.1 Å². The Kier molecular flexibility index (Phi) is 7.06. The Morgan fingerprint density at radius 2 is 1.97 bits per heavy atom. The van der Waals surface area contributed by atoms with Gasteiger partial charge in [0.2, 0.25) is 0 Å². The van der Waals surface area contributed by atoms with Crippen LogP contribution in [-0.4, -0.2) is 40.4 Å². The molecule has 164 valence electrons. The molecular weight excluding hydrogens is 418 g/mol. The predicted octanol–water partition coefficient (Wildman–Crippen LogP) is 3.87. The van der Waals surface area contributed by atoms with Gasteiger partial charge >= 0.3 is 11.9 Å². The largest absolute Gasteiger partial charge is 0.462 e. The van der Waals surface area contributed by atoms with Crippen molar-refractivity contribution in [3.8, 4) is 0 Å². The molecule has 3 aromatic rings. The summed E-state index contributed by atoms with van der Waals surface area (Å²) >= 11 is 1.25. The average Bonchev–Trinajstić information content (AvgIpc) is 3.31. The predicted molar refractivity (Wildman–Crippen MR) is 118 cm³/mol. The van der Waals surface area contributed by atoms with Crippen molar-refractivity contribution in [3.63, 3.8) is 0 Å². The number of nitrogens with one attached hydrogen (secondary N) is 1. The maximum Gasteiger partial charge on any atom is 0.359 e. The molecular formula is C22H25N3O5S. The minimum Gasteiger partial charge on any atom is -0.462 e. The number of nitrogens with zero attached hydrogens (tertiary/aromatic N) is 2. The Labute approximate surface area is 184 Å². The number of thiophene rings is 1. The van der Waals surface area contributed by atoms with Crippen LogP contribution in [0.15, 0.2) is 29.8 Å². The van der Waals surface area contributed by atoms with E-state index < -0.39 is 24.5 Å². The van der Waals surface area contributed by atoms with Gasteiger partial charge in [-0.25, -0.2) is 14.6 Å². The van der Waals surface area contributed by atoms with Crippen LogP contribution in [0.3, 0.4) is 0 Å². The number of ether oxygens (including phenoxy) is 2. The number of aryl methyl sites for hydroxylation is 1. The first-order valence-corrected chi connectivity index (χ1v) is 10.9. The highest BCUT2D eigenvalue weighted by molar-refractivity contribution is 7.15. The third-order valence-electron chi connectivity index (χ3n) is 4.47. The lowest BCUT2D eigenvalue weighted by atomic mass is 10.0.